The number of halogens is 3. The molecule has 1 atom stereocenters. The van der Waals surface area contributed by atoms with Crippen LogP contribution in [0.3, 0.4) is 0 Å². The quantitative estimate of drug-likeness (QED) is 0.636. The van der Waals surface area contributed by atoms with Gasteiger partial charge in [0, 0.05) is 12.2 Å². The van der Waals surface area contributed by atoms with Gasteiger partial charge in [0.1, 0.15) is 6.42 Å². The van der Waals surface area contributed by atoms with E-state index in [1.807, 2.05) is 0 Å². The molecule has 1 aliphatic heterocycles. The zero-order valence-electron chi connectivity index (χ0n) is 6.71. The van der Waals surface area contributed by atoms with Crippen molar-refractivity contribution in [2.24, 2.45) is 0 Å². The second-order valence-corrected chi connectivity index (χ2v) is 2.45. The molecular formula is C7H5F3O4. The maximum absolute atomic E-state index is 11.6. The highest BCUT2D eigenvalue weighted by molar-refractivity contribution is 5.84. The lowest BCUT2D eigenvalue weighted by Crippen LogP contribution is -2.22. The smallest absolute Gasteiger partial charge is 0.399 e. The summed E-state index contributed by atoms with van der Waals surface area (Å²) in [7, 11) is 0. The highest BCUT2D eigenvalue weighted by atomic mass is 19.4. The third-order valence-electron chi connectivity index (χ3n) is 1.21. The van der Waals surface area contributed by atoms with Gasteiger partial charge in [-0.15, -0.1) is 0 Å². The van der Waals surface area contributed by atoms with Gasteiger partial charge in [-0.25, -0.2) is 4.79 Å². The van der Waals surface area contributed by atoms with Crippen molar-refractivity contribution in [2.75, 3.05) is 0 Å². The minimum atomic E-state index is -4.62. The van der Waals surface area contributed by atoms with E-state index in [9.17, 15) is 22.8 Å². The summed E-state index contributed by atoms with van der Waals surface area (Å²) < 4.78 is 43.3. The van der Waals surface area contributed by atoms with E-state index >= 15 is 0 Å². The third-order valence-corrected chi connectivity index (χ3v) is 1.21. The minimum Gasteiger partial charge on any atom is -0.421 e. The fourth-order valence-electron chi connectivity index (χ4n) is 0.748. The molecule has 1 unspecified atom stereocenters. The number of carbonyl (C=O) groups is 2. The molecular weight excluding hydrogens is 205 g/mol. The lowest BCUT2D eigenvalue weighted by molar-refractivity contribution is -0.188. The summed E-state index contributed by atoms with van der Waals surface area (Å²) in [5, 5.41) is 0. The predicted octanol–water partition coefficient (Wildman–Crippen LogP) is 0.921. The van der Waals surface area contributed by atoms with Crippen molar-refractivity contribution in [3.8, 4) is 0 Å². The topological polar surface area (TPSA) is 52.6 Å². The fraction of sp³-hybridized carbons (Fsp3) is 0.429. The van der Waals surface area contributed by atoms with Gasteiger partial charge in [-0.3, -0.25) is 4.79 Å². The van der Waals surface area contributed by atoms with Gasteiger partial charge in [0.05, 0.1) is 0 Å². The van der Waals surface area contributed by atoms with Crippen LogP contribution in [-0.4, -0.2) is 24.4 Å². The molecule has 0 radical (unpaired) electrons. The van der Waals surface area contributed by atoms with E-state index < -0.39 is 30.8 Å². The Hall–Kier alpha value is -1.53. The third kappa shape index (κ3) is 3.46. The molecule has 0 fully saturated rings. The van der Waals surface area contributed by atoms with E-state index in [0.29, 0.717) is 0 Å². The molecule has 0 aliphatic carbocycles. The molecule has 0 saturated carbocycles. The number of rotatable bonds is 2. The van der Waals surface area contributed by atoms with E-state index in [1.54, 1.807) is 0 Å². The lowest BCUT2D eigenvalue weighted by atomic mass is 10.4. The lowest BCUT2D eigenvalue weighted by Gasteiger charge is -2.10. The van der Waals surface area contributed by atoms with E-state index in [0.717, 1.165) is 12.2 Å². The average molecular weight is 210 g/mol. The van der Waals surface area contributed by atoms with Crippen LogP contribution in [-0.2, 0) is 19.1 Å². The van der Waals surface area contributed by atoms with Gasteiger partial charge in [-0.05, 0) is 0 Å². The Morgan fingerprint density at radius 3 is 2.64 bits per heavy atom. The van der Waals surface area contributed by atoms with Crippen molar-refractivity contribution in [3.05, 3.63) is 12.2 Å². The predicted molar refractivity (Wildman–Crippen MR) is 35.8 cm³/mol. The molecule has 0 aromatic heterocycles. The Labute approximate surface area is 76.3 Å². The normalized spacial score (nSPS) is 20.8. The summed E-state index contributed by atoms with van der Waals surface area (Å²) in [6.07, 6.45) is -5.64. The van der Waals surface area contributed by atoms with E-state index in [2.05, 4.69) is 9.47 Å². The Morgan fingerprint density at radius 1 is 1.57 bits per heavy atom. The monoisotopic (exact) mass is 210 g/mol. The van der Waals surface area contributed by atoms with E-state index in [1.165, 1.54) is 0 Å². The molecule has 78 valence electrons. The minimum absolute atomic E-state index is 0.755. The Balaban J connectivity index is 2.35. The van der Waals surface area contributed by atoms with Crippen LogP contribution >= 0.6 is 0 Å². The van der Waals surface area contributed by atoms with Crippen molar-refractivity contribution < 1.29 is 32.2 Å². The summed E-state index contributed by atoms with van der Waals surface area (Å²) in [6.45, 7) is 0. The molecule has 1 rings (SSSR count). The first-order valence-electron chi connectivity index (χ1n) is 3.52. The first-order valence-corrected chi connectivity index (χ1v) is 3.52. The first-order chi connectivity index (χ1) is 6.37. The van der Waals surface area contributed by atoms with Crippen molar-refractivity contribution in [3.63, 3.8) is 0 Å². The second kappa shape index (κ2) is 3.69. The van der Waals surface area contributed by atoms with Crippen LogP contribution in [0.2, 0.25) is 0 Å². The fourth-order valence-corrected chi connectivity index (χ4v) is 0.748. The van der Waals surface area contributed by atoms with Crippen molar-refractivity contribution in [1.82, 2.24) is 0 Å². The number of alkyl halides is 3. The molecule has 0 bridgehead atoms. The number of hydrogen-bond acceptors (Lipinski definition) is 4. The largest absolute Gasteiger partial charge is 0.421 e. The summed E-state index contributed by atoms with van der Waals surface area (Å²) >= 11 is 0. The summed E-state index contributed by atoms with van der Waals surface area (Å²) in [6, 6.07) is 0. The number of ether oxygens (including phenoxy) is 2. The van der Waals surface area contributed by atoms with Gasteiger partial charge in [0.25, 0.3) is 6.29 Å². The van der Waals surface area contributed by atoms with Crippen LogP contribution in [0.15, 0.2) is 12.2 Å². The standard InChI is InChI=1S/C7H5F3O4/c8-7(9,10)3-5(12)14-6-2-1-4(11)13-6/h1-2,6H,3H2. The molecule has 0 amide bonds. The van der Waals surface area contributed by atoms with Gasteiger partial charge in [0.2, 0.25) is 0 Å². The van der Waals surface area contributed by atoms with Crippen LogP contribution in [0.1, 0.15) is 6.42 Å². The van der Waals surface area contributed by atoms with Gasteiger partial charge < -0.3 is 9.47 Å². The maximum atomic E-state index is 11.6. The maximum Gasteiger partial charge on any atom is 0.399 e. The highest BCUT2D eigenvalue weighted by Crippen LogP contribution is 2.20. The van der Waals surface area contributed by atoms with Gasteiger partial charge in [-0.1, -0.05) is 0 Å². The van der Waals surface area contributed by atoms with Crippen LogP contribution in [0.5, 0.6) is 0 Å². The van der Waals surface area contributed by atoms with Crippen molar-refractivity contribution in [1.29, 1.82) is 0 Å². The van der Waals surface area contributed by atoms with Crippen LogP contribution in [0, 0.1) is 0 Å². The van der Waals surface area contributed by atoms with Crippen LogP contribution in [0.25, 0.3) is 0 Å². The van der Waals surface area contributed by atoms with Gasteiger partial charge in [-0.2, -0.15) is 13.2 Å². The number of cyclic esters (lactones) is 1. The molecule has 0 saturated heterocycles. The molecule has 1 heterocycles. The van der Waals surface area contributed by atoms with Crippen LogP contribution < -0.4 is 0 Å². The molecule has 7 heteroatoms. The van der Waals surface area contributed by atoms with Gasteiger partial charge in [0.15, 0.2) is 0 Å². The van der Waals surface area contributed by atoms with Crippen LogP contribution in [0.4, 0.5) is 13.2 Å². The molecule has 0 spiro atoms. The van der Waals surface area contributed by atoms with E-state index in [4.69, 9.17) is 0 Å². The number of hydrogen-bond donors (Lipinski definition) is 0. The van der Waals surface area contributed by atoms with Gasteiger partial charge >= 0.3 is 18.1 Å². The van der Waals surface area contributed by atoms with Crippen molar-refractivity contribution >= 4 is 11.9 Å². The first kappa shape index (κ1) is 10.6. The zero-order chi connectivity index (χ0) is 10.8. The molecule has 0 aromatic rings. The summed E-state index contributed by atoms with van der Waals surface area (Å²) in [5.41, 5.74) is 0. The Bertz CT molecular complexity index is 281. The molecule has 0 aromatic carbocycles. The average Bonchev–Trinajstić information content (AvgIpc) is 2.30. The SMILES string of the molecule is O=C1C=CC(OC(=O)CC(F)(F)F)O1. The second-order valence-electron chi connectivity index (χ2n) is 2.45. The zero-order valence-corrected chi connectivity index (χ0v) is 6.71. The highest BCUT2D eigenvalue weighted by Gasteiger charge is 2.33. The summed E-state index contributed by atoms with van der Waals surface area (Å²) in [5.74, 6) is -2.24. The molecule has 4 nitrogen and oxygen atoms in total. The van der Waals surface area contributed by atoms with E-state index in [-0.39, 0.29) is 0 Å². The number of carbonyl (C=O) groups excluding carboxylic acids is 2. The number of esters is 2. The summed E-state index contributed by atoms with van der Waals surface area (Å²) in [4.78, 5) is 21.0. The molecule has 14 heavy (non-hydrogen) atoms. The Kier molecular flexibility index (Phi) is 2.78. The van der Waals surface area contributed by atoms with Crippen molar-refractivity contribution in [2.45, 2.75) is 18.9 Å². The molecule has 1 aliphatic rings. The molecule has 0 N–H and O–H groups in total. The Morgan fingerprint density at radius 2 is 2.21 bits per heavy atom.